The number of rotatable bonds is 3. The zero-order valence-corrected chi connectivity index (χ0v) is 17.2. The van der Waals surface area contributed by atoms with Gasteiger partial charge in [0.25, 0.3) is 11.5 Å². The van der Waals surface area contributed by atoms with Crippen LogP contribution in [0.5, 0.6) is 5.75 Å². The fourth-order valence-corrected chi connectivity index (χ4v) is 4.17. The van der Waals surface area contributed by atoms with E-state index in [0.29, 0.717) is 18.6 Å². The van der Waals surface area contributed by atoms with Gasteiger partial charge in [-0.25, -0.2) is 9.97 Å². The number of aromatic amines is 1. The van der Waals surface area contributed by atoms with E-state index >= 15 is 0 Å². The molecule has 0 saturated heterocycles. The van der Waals surface area contributed by atoms with Crippen molar-refractivity contribution in [3.8, 4) is 5.75 Å². The molecule has 4 aromatic rings. The lowest BCUT2D eigenvalue weighted by Gasteiger charge is -2.35. The lowest BCUT2D eigenvalue weighted by Crippen LogP contribution is -2.43. The first-order chi connectivity index (χ1) is 15.1. The van der Waals surface area contributed by atoms with E-state index in [4.69, 9.17) is 4.74 Å². The summed E-state index contributed by atoms with van der Waals surface area (Å²) in [6, 6.07) is 10.8. The highest BCUT2D eigenvalue weighted by atomic mass is 16.5. The predicted molar refractivity (Wildman–Crippen MR) is 114 cm³/mol. The minimum absolute atomic E-state index is 0.0422. The number of nitrogens with one attached hydrogen (secondary N) is 1. The lowest BCUT2D eigenvalue weighted by atomic mass is 9.95. The van der Waals surface area contributed by atoms with Crippen molar-refractivity contribution < 1.29 is 9.53 Å². The smallest absolute Gasteiger partial charge is 0.270 e. The Balaban J connectivity index is 1.61. The van der Waals surface area contributed by atoms with E-state index in [1.165, 1.54) is 10.6 Å². The number of aromatic nitrogens is 4. The summed E-state index contributed by atoms with van der Waals surface area (Å²) in [6.45, 7) is 2.34. The Morgan fingerprint density at radius 3 is 2.77 bits per heavy atom. The standard InChI is InChI=1S/C23H21N5O3/c1-14-4-3-10-28-21(14)24-12-17(23(28)30)22(29)27-11-9-18-19(26-13-25-18)20(27)15-5-7-16(31-2)8-6-15/h3-8,10,12-13,20H,9,11H2,1-2H3,(H,25,26)/t20-/m1/s1. The Labute approximate surface area is 178 Å². The molecule has 1 N–H and O–H groups in total. The molecule has 0 saturated carbocycles. The molecule has 1 aliphatic heterocycles. The maximum Gasteiger partial charge on any atom is 0.270 e. The van der Waals surface area contributed by atoms with Crippen LogP contribution in [0.15, 0.2) is 59.9 Å². The van der Waals surface area contributed by atoms with Crippen LogP contribution in [-0.4, -0.2) is 43.8 Å². The van der Waals surface area contributed by atoms with Crippen LogP contribution in [0.3, 0.4) is 0 Å². The topological polar surface area (TPSA) is 92.6 Å². The van der Waals surface area contributed by atoms with Crippen LogP contribution in [0.2, 0.25) is 0 Å². The van der Waals surface area contributed by atoms with Gasteiger partial charge in [-0.2, -0.15) is 0 Å². The molecule has 8 heteroatoms. The average Bonchev–Trinajstić information content (AvgIpc) is 3.28. The molecule has 0 spiro atoms. The summed E-state index contributed by atoms with van der Waals surface area (Å²) in [5.41, 5.74) is 3.76. The number of fused-ring (bicyclic) bond motifs is 2. The number of benzene rings is 1. The Bertz CT molecular complexity index is 1340. The molecule has 3 aromatic heterocycles. The Morgan fingerprint density at radius 2 is 2.00 bits per heavy atom. The van der Waals surface area contributed by atoms with Crippen LogP contribution in [0.4, 0.5) is 0 Å². The Kier molecular flexibility index (Phi) is 4.54. The first-order valence-electron chi connectivity index (χ1n) is 10.0. The molecular weight excluding hydrogens is 394 g/mol. The van der Waals surface area contributed by atoms with Gasteiger partial charge in [0.1, 0.15) is 23.0 Å². The molecule has 0 fully saturated rings. The van der Waals surface area contributed by atoms with Gasteiger partial charge >= 0.3 is 0 Å². The maximum absolute atomic E-state index is 13.6. The fraction of sp³-hybridized carbons (Fsp3) is 0.217. The van der Waals surface area contributed by atoms with Gasteiger partial charge in [0.2, 0.25) is 0 Å². The van der Waals surface area contributed by atoms with Crippen molar-refractivity contribution in [3.05, 3.63) is 93.6 Å². The molecule has 0 aliphatic carbocycles. The minimum Gasteiger partial charge on any atom is -0.497 e. The van der Waals surface area contributed by atoms with Gasteiger partial charge < -0.3 is 14.6 Å². The van der Waals surface area contributed by atoms with Crippen LogP contribution >= 0.6 is 0 Å². The number of carbonyl (C=O) groups is 1. The molecule has 156 valence electrons. The second-order valence-corrected chi connectivity index (χ2v) is 7.55. The first kappa shape index (κ1) is 19.0. The number of nitrogens with zero attached hydrogens (tertiary/aromatic N) is 4. The van der Waals surface area contributed by atoms with Gasteiger partial charge in [0, 0.05) is 31.1 Å². The van der Waals surface area contributed by atoms with Gasteiger partial charge in [0.15, 0.2) is 0 Å². The van der Waals surface area contributed by atoms with Crippen LogP contribution in [0.25, 0.3) is 5.65 Å². The predicted octanol–water partition coefficient (Wildman–Crippen LogP) is 2.52. The highest BCUT2D eigenvalue weighted by Gasteiger charge is 2.35. The molecule has 4 heterocycles. The molecular formula is C23H21N5O3. The van der Waals surface area contributed by atoms with Crippen LogP contribution < -0.4 is 10.3 Å². The monoisotopic (exact) mass is 415 g/mol. The summed E-state index contributed by atoms with van der Waals surface area (Å²) in [4.78, 5) is 40.5. The van der Waals surface area contributed by atoms with Crippen molar-refractivity contribution in [2.24, 2.45) is 0 Å². The summed E-state index contributed by atoms with van der Waals surface area (Å²) >= 11 is 0. The molecule has 0 bridgehead atoms. The van der Waals surface area contributed by atoms with E-state index in [0.717, 1.165) is 28.3 Å². The quantitative estimate of drug-likeness (QED) is 0.555. The summed E-state index contributed by atoms with van der Waals surface area (Å²) < 4.78 is 6.69. The number of amides is 1. The average molecular weight is 415 g/mol. The largest absolute Gasteiger partial charge is 0.497 e. The molecule has 0 radical (unpaired) electrons. The van der Waals surface area contributed by atoms with E-state index in [1.807, 2.05) is 37.3 Å². The van der Waals surface area contributed by atoms with Crippen molar-refractivity contribution >= 4 is 11.6 Å². The number of methoxy groups -OCH3 is 1. The van der Waals surface area contributed by atoms with E-state index in [-0.39, 0.29) is 17.0 Å². The number of hydrogen-bond donors (Lipinski definition) is 1. The third-order valence-corrected chi connectivity index (χ3v) is 5.78. The molecule has 8 nitrogen and oxygen atoms in total. The van der Waals surface area contributed by atoms with Gasteiger partial charge in [0.05, 0.1) is 19.1 Å². The van der Waals surface area contributed by atoms with Crippen LogP contribution in [-0.2, 0) is 6.42 Å². The number of aryl methyl sites for hydroxylation is 1. The number of imidazole rings is 1. The second kappa shape index (κ2) is 7.39. The number of hydrogen-bond acceptors (Lipinski definition) is 5. The van der Waals surface area contributed by atoms with E-state index in [9.17, 15) is 9.59 Å². The Hall–Kier alpha value is -3.94. The van der Waals surface area contributed by atoms with E-state index in [2.05, 4.69) is 15.0 Å². The van der Waals surface area contributed by atoms with Crippen molar-refractivity contribution in [1.82, 2.24) is 24.3 Å². The summed E-state index contributed by atoms with van der Waals surface area (Å²) in [7, 11) is 1.61. The van der Waals surface area contributed by atoms with Crippen molar-refractivity contribution in [3.63, 3.8) is 0 Å². The summed E-state index contributed by atoms with van der Waals surface area (Å²) in [6.07, 6.45) is 5.30. The lowest BCUT2D eigenvalue weighted by molar-refractivity contribution is 0.0688. The minimum atomic E-state index is -0.411. The number of H-pyrrole nitrogens is 1. The molecule has 1 aromatic carbocycles. The first-order valence-corrected chi connectivity index (χ1v) is 10.0. The third-order valence-electron chi connectivity index (χ3n) is 5.78. The highest BCUT2D eigenvalue weighted by Crippen LogP contribution is 2.34. The van der Waals surface area contributed by atoms with E-state index in [1.54, 1.807) is 30.6 Å². The molecule has 1 atom stereocenters. The summed E-state index contributed by atoms with van der Waals surface area (Å²) in [5, 5.41) is 0. The van der Waals surface area contributed by atoms with E-state index < -0.39 is 6.04 Å². The Morgan fingerprint density at radius 1 is 1.19 bits per heavy atom. The van der Waals surface area contributed by atoms with Gasteiger partial charge in [-0.15, -0.1) is 0 Å². The number of pyridine rings is 1. The van der Waals surface area contributed by atoms with Crippen LogP contribution in [0, 0.1) is 6.92 Å². The summed E-state index contributed by atoms with van der Waals surface area (Å²) in [5.74, 6) is 0.370. The third kappa shape index (κ3) is 3.07. The van der Waals surface area contributed by atoms with Gasteiger partial charge in [-0.3, -0.25) is 14.0 Å². The molecule has 1 amide bonds. The molecule has 31 heavy (non-hydrogen) atoms. The zero-order chi connectivity index (χ0) is 21.5. The van der Waals surface area contributed by atoms with Crippen LogP contribution in [0.1, 0.15) is 38.9 Å². The SMILES string of the molecule is COc1ccc([C@@H]2c3nc[nH]c3CCN2C(=O)c2cnc3c(C)cccn3c2=O)cc1. The fourth-order valence-electron chi connectivity index (χ4n) is 4.17. The van der Waals surface area contributed by atoms with Crippen molar-refractivity contribution in [2.75, 3.05) is 13.7 Å². The van der Waals surface area contributed by atoms with Gasteiger partial charge in [-0.05, 0) is 36.2 Å². The maximum atomic E-state index is 13.6. The van der Waals surface area contributed by atoms with Crippen molar-refractivity contribution in [1.29, 1.82) is 0 Å². The second-order valence-electron chi connectivity index (χ2n) is 7.55. The normalized spacial score (nSPS) is 15.7. The molecule has 5 rings (SSSR count). The number of carbonyl (C=O) groups excluding carboxylic acids is 1. The highest BCUT2D eigenvalue weighted by molar-refractivity contribution is 5.94. The van der Waals surface area contributed by atoms with Gasteiger partial charge in [-0.1, -0.05) is 18.2 Å². The van der Waals surface area contributed by atoms with Crippen molar-refractivity contribution in [2.45, 2.75) is 19.4 Å². The number of ether oxygens (including phenoxy) is 1. The zero-order valence-electron chi connectivity index (χ0n) is 17.2. The molecule has 1 aliphatic rings. The molecule has 0 unspecified atom stereocenters.